The second-order valence-electron chi connectivity index (χ2n) is 11.6. The first-order chi connectivity index (χ1) is 20.5. The largest absolute Gasteiger partial charge is 0.456 e. The van der Waals surface area contributed by atoms with Crippen molar-refractivity contribution in [1.82, 2.24) is 4.90 Å². The second kappa shape index (κ2) is 11.4. The molecule has 1 saturated heterocycles. The second-order valence-corrected chi connectivity index (χ2v) is 11.6. The van der Waals surface area contributed by atoms with Gasteiger partial charge >= 0.3 is 18.2 Å². The average Bonchev–Trinajstić information content (AvgIpc) is 3.11. The number of nitrogens with zero attached hydrogens (tertiary/aromatic N) is 4. The number of anilines is 3. The maximum Gasteiger partial charge on any atom is 0.417 e. The van der Waals surface area contributed by atoms with E-state index in [1.54, 1.807) is 57.2 Å². The molecule has 1 aliphatic rings. The Morgan fingerprint density at radius 1 is 0.955 bits per heavy atom. The first-order valence-corrected chi connectivity index (χ1v) is 13.4. The minimum absolute atomic E-state index is 0.138. The quantitative estimate of drug-likeness (QED) is 0.240. The highest BCUT2D eigenvalue weighted by molar-refractivity contribution is 6.23. The molecule has 9 nitrogen and oxygen atoms in total. The molecule has 0 spiro atoms. The van der Waals surface area contributed by atoms with Crippen molar-refractivity contribution < 1.29 is 32.3 Å². The number of amides is 3. The lowest BCUT2D eigenvalue weighted by Gasteiger charge is -2.28. The Morgan fingerprint density at radius 3 is 2.18 bits per heavy atom. The predicted molar refractivity (Wildman–Crippen MR) is 155 cm³/mol. The van der Waals surface area contributed by atoms with Crippen LogP contribution in [-0.2, 0) is 22.3 Å². The number of carbonyl (C=O) groups excluding carboxylic acids is 3. The molecule has 3 amide bonds. The number of hydrogen-bond acceptors (Lipinski definition) is 7. The molecule has 3 aromatic rings. The third kappa shape index (κ3) is 6.35. The summed E-state index contributed by atoms with van der Waals surface area (Å²) in [5.74, 6) is -1.24. The Morgan fingerprint density at radius 2 is 1.61 bits per heavy atom. The fourth-order valence-electron chi connectivity index (χ4n) is 4.58. The van der Waals surface area contributed by atoms with Crippen LogP contribution in [0.4, 0.5) is 35.0 Å². The third-order valence-electron chi connectivity index (χ3n) is 6.88. The van der Waals surface area contributed by atoms with Gasteiger partial charge in [0.15, 0.2) is 0 Å². The maximum absolute atomic E-state index is 13.6. The summed E-state index contributed by atoms with van der Waals surface area (Å²) in [4.78, 5) is 41.3. The van der Waals surface area contributed by atoms with Crippen molar-refractivity contribution >= 4 is 35.0 Å². The van der Waals surface area contributed by atoms with Gasteiger partial charge in [-0.05, 0) is 94.8 Å². The number of benzene rings is 3. The Hall–Kier alpha value is -5.36. The summed E-state index contributed by atoms with van der Waals surface area (Å²) >= 11 is 0. The van der Waals surface area contributed by atoms with Crippen molar-refractivity contribution in [2.75, 3.05) is 10.2 Å². The number of nitriles is 2. The van der Waals surface area contributed by atoms with Crippen molar-refractivity contribution in [2.45, 2.75) is 58.5 Å². The van der Waals surface area contributed by atoms with Crippen molar-refractivity contribution in [3.8, 4) is 12.1 Å². The van der Waals surface area contributed by atoms with Gasteiger partial charge in [-0.1, -0.05) is 6.07 Å². The number of ether oxygens (including phenoxy) is 1. The van der Waals surface area contributed by atoms with Crippen molar-refractivity contribution in [3.63, 3.8) is 0 Å². The molecule has 0 unspecified atom stereocenters. The van der Waals surface area contributed by atoms with Gasteiger partial charge in [0.25, 0.3) is 5.91 Å². The Bertz CT molecular complexity index is 1730. The molecule has 44 heavy (non-hydrogen) atoms. The lowest BCUT2D eigenvalue weighted by molar-refractivity contribution is -0.137. The monoisotopic (exact) mass is 603 g/mol. The SMILES string of the molecule is CC(C)(C)OC(=O)c1ccc(Nc2cc(C#N)ccc2CN2C(=O)N(c3ccc(C#N)c(C(F)(F)F)c3)C(=O)C2(C)C)cc1. The highest BCUT2D eigenvalue weighted by Crippen LogP contribution is 2.39. The molecule has 0 radical (unpaired) electrons. The number of alkyl halides is 3. The van der Waals surface area contributed by atoms with E-state index >= 15 is 0 Å². The first-order valence-electron chi connectivity index (χ1n) is 13.4. The molecule has 1 N–H and O–H groups in total. The summed E-state index contributed by atoms with van der Waals surface area (Å²) in [6, 6.07) is 16.5. The van der Waals surface area contributed by atoms with Gasteiger partial charge < -0.3 is 15.0 Å². The van der Waals surface area contributed by atoms with Crippen LogP contribution in [0, 0.1) is 22.7 Å². The van der Waals surface area contributed by atoms with E-state index in [0.29, 0.717) is 39.0 Å². The highest BCUT2D eigenvalue weighted by atomic mass is 19.4. The Balaban J connectivity index is 1.65. The molecule has 0 atom stereocenters. The fourth-order valence-corrected chi connectivity index (χ4v) is 4.58. The van der Waals surface area contributed by atoms with Crippen molar-refractivity contribution in [3.05, 3.63) is 88.5 Å². The summed E-state index contributed by atoms with van der Waals surface area (Å²) < 4.78 is 46.3. The lowest BCUT2D eigenvalue weighted by Crippen LogP contribution is -2.43. The van der Waals surface area contributed by atoms with E-state index in [0.717, 1.165) is 12.1 Å². The van der Waals surface area contributed by atoms with Gasteiger partial charge in [0, 0.05) is 11.4 Å². The van der Waals surface area contributed by atoms with Crippen molar-refractivity contribution in [1.29, 1.82) is 10.5 Å². The molecule has 1 aliphatic heterocycles. The van der Waals surface area contributed by atoms with Gasteiger partial charge in [-0.3, -0.25) is 4.79 Å². The van der Waals surface area contributed by atoms with E-state index in [1.165, 1.54) is 30.9 Å². The molecular weight excluding hydrogens is 575 g/mol. The van der Waals surface area contributed by atoms with Crippen LogP contribution in [0.3, 0.4) is 0 Å². The van der Waals surface area contributed by atoms with Crippen LogP contribution in [0.2, 0.25) is 0 Å². The van der Waals surface area contributed by atoms with Crippen LogP contribution < -0.4 is 10.2 Å². The van der Waals surface area contributed by atoms with E-state index in [9.17, 15) is 32.8 Å². The van der Waals surface area contributed by atoms with Gasteiger partial charge in [0.2, 0.25) is 0 Å². The minimum atomic E-state index is -4.88. The molecule has 226 valence electrons. The molecule has 1 heterocycles. The molecular formula is C32H28F3N5O4. The Kier molecular flexibility index (Phi) is 8.16. The summed E-state index contributed by atoms with van der Waals surface area (Å²) in [6.07, 6.45) is -4.88. The first kappa shape index (κ1) is 31.6. The average molecular weight is 604 g/mol. The molecule has 0 aliphatic carbocycles. The van der Waals surface area contributed by atoms with Crippen LogP contribution >= 0.6 is 0 Å². The lowest BCUT2D eigenvalue weighted by atomic mass is 10.0. The van der Waals surface area contributed by atoms with Crippen LogP contribution in [-0.4, -0.2) is 33.9 Å². The Labute approximate surface area is 252 Å². The van der Waals surface area contributed by atoms with Gasteiger partial charge in [-0.25, -0.2) is 14.5 Å². The zero-order chi connectivity index (χ0) is 32.6. The van der Waals surface area contributed by atoms with Crippen molar-refractivity contribution in [2.24, 2.45) is 0 Å². The zero-order valence-corrected chi connectivity index (χ0v) is 24.5. The van der Waals surface area contributed by atoms with E-state index in [1.807, 2.05) is 6.07 Å². The van der Waals surface area contributed by atoms with Crippen LogP contribution in [0.15, 0.2) is 60.7 Å². The normalized spacial score (nSPS) is 14.7. The van der Waals surface area contributed by atoms with Crippen LogP contribution in [0.25, 0.3) is 0 Å². The number of esters is 1. The molecule has 0 saturated carbocycles. The fraction of sp³-hybridized carbons (Fsp3) is 0.281. The number of hydrogen-bond donors (Lipinski definition) is 1. The van der Waals surface area contributed by atoms with Gasteiger partial charge in [0.1, 0.15) is 11.1 Å². The minimum Gasteiger partial charge on any atom is -0.456 e. The standard InChI is InChI=1S/C32H28F3N5O4/c1-30(2,3)44-27(41)20-8-11-23(12-9-20)38-26-14-19(16-36)6-7-22(26)18-39-29(43)40(28(42)31(39,4)5)24-13-10-21(17-37)25(15-24)32(33,34)35/h6-15,38H,18H2,1-5H3. The number of urea groups is 1. The smallest absolute Gasteiger partial charge is 0.417 e. The van der Waals surface area contributed by atoms with E-state index in [-0.39, 0.29) is 12.2 Å². The number of imide groups is 1. The van der Waals surface area contributed by atoms with Crippen LogP contribution in [0.5, 0.6) is 0 Å². The molecule has 0 bridgehead atoms. The van der Waals surface area contributed by atoms with Gasteiger partial charge in [-0.2, -0.15) is 23.7 Å². The van der Waals surface area contributed by atoms with E-state index < -0.39 is 46.4 Å². The number of nitrogens with one attached hydrogen (secondary N) is 1. The topological polar surface area (TPSA) is 127 Å². The number of rotatable bonds is 6. The molecule has 0 aromatic heterocycles. The number of carbonyl (C=O) groups is 3. The number of halogens is 3. The van der Waals surface area contributed by atoms with Gasteiger partial charge in [-0.15, -0.1) is 0 Å². The third-order valence-corrected chi connectivity index (χ3v) is 6.88. The van der Waals surface area contributed by atoms with Gasteiger partial charge in [0.05, 0.1) is 46.6 Å². The zero-order valence-electron chi connectivity index (χ0n) is 24.5. The summed E-state index contributed by atoms with van der Waals surface area (Å²) in [7, 11) is 0. The molecule has 12 heteroatoms. The summed E-state index contributed by atoms with van der Waals surface area (Å²) in [6.45, 7) is 8.09. The summed E-state index contributed by atoms with van der Waals surface area (Å²) in [5, 5.41) is 21.8. The van der Waals surface area contributed by atoms with E-state index in [4.69, 9.17) is 10.00 Å². The van der Waals surface area contributed by atoms with E-state index in [2.05, 4.69) is 5.32 Å². The summed E-state index contributed by atoms with van der Waals surface area (Å²) in [5.41, 5.74) is -2.20. The van der Waals surface area contributed by atoms with Crippen LogP contribution in [0.1, 0.15) is 67.2 Å². The molecule has 1 fully saturated rings. The highest BCUT2D eigenvalue weighted by Gasteiger charge is 2.52. The molecule has 4 rings (SSSR count). The molecule has 3 aromatic carbocycles. The maximum atomic E-state index is 13.6. The predicted octanol–water partition coefficient (Wildman–Crippen LogP) is 6.90.